The monoisotopic (exact) mass is 262 g/mol. The van der Waals surface area contributed by atoms with E-state index in [9.17, 15) is 0 Å². The molecule has 2 nitrogen and oxygen atoms in total. The van der Waals surface area contributed by atoms with Crippen LogP contribution in [0, 0.1) is 0 Å². The highest BCUT2D eigenvalue weighted by atomic mass is 32.2. The topological polar surface area (TPSA) is 24.9 Å². The van der Waals surface area contributed by atoms with Gasteiger partial charge in [0.25, 0.3) is 0 Å². The van der Waals surface area contributed by atoms with Gasteiger partial charge in [0.15, 0.2) is 0 Å². The van der Waals surface area contributed by atoms with Crippen LogP contribution in [-0.4, -0.2) is 18.6 Å². The molecule has 0 fully saturated rings. The summed E-state index contributed by atoms with van der Waals surface area (Å²) in [5.74, 6) is 1.07. The molecule has 1 aliphatic heterocycles. The van der Waals surface area contributed by atoms with Crippen LogP contribution >= 0.6 is 23.1 Å². The maximum Gasteiger partial charge on any atom is 0.0948 e. The first kappa shape index (κ1) is 11.3. The number of thiazole rings is 1. The second kappa shape index (κ2) is 4.80. The summed E-state index contributed by atoms with van der Waals surface area (Å²) >= 11 is 3.79. The van der Waals surface area contributed by atoms with E-state index in [1.165, 1.54) is 26.0 Å². The van der Waals surface area contributed by atoms with Gasteiger partial charge >= 0.3 is 0 Å². The van der Waals surface area contributed by atoms with Crippen molar-refractivity contribution in [1.29, 1.82) is 0 Å². The number of likely N-dealkylation sites (N-methyl/N-ethyl adjacent to an activating group) is 1. The first-order valence-corrected chi connectivity index (χ1v) is 7.54. The molecular formula is C13H14N2S2. The smallest absolute Gasteiger partial charge is 0.0948 e. The van der Waals surface area contributed by atoms with E-state index in [0.29, 0.717) is 0 Å². The minimum atomic E-state index is 1.00. The van der Waals surface area contributed by atoms with E-state index in [4.69, 9.17) is 4.98 Å². The zero-order valence-corrected chi connectivity index (χ0v) is 11.3. The molecule has 1 aliphatic rings. The summed E-state index contributed by atoms with van der Waals surface area (Å²) in [6.07, 6.45) is 1.03. The summed E-state index contributed by atoms with van der Waals surface area (Å²) in [4.78, 5) is 7.59. The fourth-order valence-corrected chi connectivity index (χ4v) is 4.19. The van der Waals surface area contributed by atoms with Crippen LogP contribution in [-0.2, 0) is 12.2 Å². The van der Waals surface area contributed by atoms with Gasteiger partial charge < -0.3 is 5.32 Å². The van der Waals surface area contributed by atoms with Gasteiger partial charge in [0.05, 0.1) is 10.7 Å². The average molecular weight is 262 g/mol. The third-order valence-electron chi connectivity index (χ3n) is 2.83. The van der Waals surface area contributed by atoms with Gasteiger partial charge in [-0.3, -0.25) is 0 Å². The molecule has 88 valence electrons. The van der Waals surface area contributed by atoms with Gasteiger partial charge in [-0.15, -0.1) is 23.1 Å². The Morgan fingerprint density at radius 3 is 3.12 bits per heavy atom. The highest BCUT2D eigenvalue weighted by Gasteiger charge is 2.20. The van der Waals surface area contributed by atoms with E-state index in [-0.39, 0.29) is 0 Å². The van der Waals surface area contributed by atoms with Crippen molar-refractivity contribution in [2.75, 3.05) is 13.6 Å². The van der Waals surface area contributed by atoms with E-state index < -0.39 is 0 Å². The summed E-state index contributed by atoms with van der Waals surface area (Å²) in [6.45, 7) is 1.00. The number of fused-ring (bicyclic) bond motifs is 3. The number of aromatic nitrogens is 1. The van der Waals surface area contributed by atoms with Gasteiger partial charge in [-0.2, -0.15) is 0 Å². The third-order valence-corrected chi connectivity index (χ3v) is 5.23. The number of hydrogen-bond donors (Lipinski definition) is 1. The predicted molar refractivity (Wildman–Crippen MR) is 74.7 cm³/mol. The first-order chi connectivity index (χ1) is 8.38. The Balaban J connectivity index is 1.98. The summed E-state index contributed by atoms with van der Waals surface area (Å²) in [6, 6.07) is 8.57. The molecule has 0 spiro atoms. The summed E-state index contributed by atoms with van der Waals surface area (Å²) < 4.78 is 0. The lowest BCUT2D eigenvalue weighted by Crippen LogP contribution is -2.09. The first-order valence-electron chi connectivity index (χ1n) is 5.74. The molecule has 4 heteroatoms. The van der Waals surface area contributed by atoms with Crippen molar-refractivity contribution in [3.05, 3.63) is 34.2 Å². The minimum Gasteiger partial charge on any atom is -0.319 e. The lowest BCUT2D eigenvalue weighted by Gasteiger charge is -2.13. The molecule has 3 rings (SSSR count). The van der Waals surface area contributed by atoms with Crippen LogP contribution in [0.25, 0.3) is 11.3 Å². The Bertz CT molecular complexity index is 534. The van der Waals surface area contributed by atoms with Gasteiger partial charge in [-0.1, -0.05) is 18.2 Å². The van der Waals surface area contributed by atoms with Crippen molar-refractivity contribution in [3.63, 3.8) is 0 Å². The van der Waals surface area contributed by atoms with Gasteiger partial charge in [-0.25, -0.2) is 4.98 Å². The van der Waals surface area contributed by atoms with Crippen LogP contribution in [0.15, 0.2) is 29.2 Å². The van der Waals surface area contributed by atoms with Gasteiger partial charge in [0, 0.05) is 34.1 Å². The van der Waals surface area contributed by atoms with E-state index in [1.807, 2.05) is 30.1 Å². The molecular weight excluding hydrogens is 248 g/mol. The maximum absolute atomic E-state index is 4.79. The van der Waals surface area contributed by atoms with Crippen LogP contribution in [0.3, 0.4) is 0 Å². The Hall–Kier alpha value is -0.840. The van der Waals surface area contributed by atoms with E-state index in [1.54, 1.807) is 0 Å². The Morgan fingerprint density at radius 1 is 1.35 bits per heavy atom. The molecule has 2 heterocycles. The Labute approximate surface area is 109 Å². The van der Waals surface area contributed by atoms with Crippen LogP contribution < -0.4 is 5.32 Å². The fraction of sp³-hybridized carbons (Fsp3) is 0.308. The van der Waals surface area contributed by atoms with Crippen molar-refractivity contribution in [1.82, 2.24) is 10.3 Å². The number of hydrogen-bond acceptors (Lipinski definition) is 4. The molecule has 0 saturated carbocycles. The second-order valence-corrected chi connectivity index (χ2v) is 6.20. The summed E-state index contributed by atoms with van der Waals surface area (Å²) in [7, 11) is 1.98. The van der Waals surface area contributed by atoms with Gasteiger partial charge in [0.1, 0.15) is 0 Å². The minimum absolute atomic E-state index is 1.00. The van der Waals surface area contributed by atoms with E-state index >= 15 is 0 Å². The zero-order chi connectivity index (χ0) is 11.7. The lowest BCUT2D eigenvalue weighted by atomic mass is 10.1. The molecule has 0 unspecified atom stereocenters. The van der Waals surface area contributed by atoms with Crippen LogP contribution in [0.4, 0.5) is 0 Å². The van der Waals surface area contributed by atoms with Crippen LogP contribution in [0.5, 0.6) is 0 Å². The molecule has 0 aliphatic carbocycles. The standard InChI is InChI=1S/C13H14N2S2/c1-14-7-6-12-15-13-9-4-2-3-5-10(9)16-8-11(13)17-12/h2-5,14H,6-8H2,1H3. The van der Waals surface area contributed by atoms with E-state index in [2.05, 4.69) is 29.6 Å². The Morgan fingerprint density at radius 2 is 2.24 bits per heavy atom. The van der Waals surface area contributed by atoms with Gasteiger partial charge in [0.2, 0.25) is 0 Å². The summed E-state index contributed by atoms with van der Waals surface area (Å²) in [5.41, 5.74) is 2.53. The second-order valence-electron chi connectivity index (χ2n) is 4.02. The van der Waals surface area contributed by atoms with E-state index in [0.717, 1.165) is 18.7 Å². The van der Waals surface area contributed by atoms with Gasteiger partial charge in [-0.05, 0) is 13.1 Å². The highest BCUT2D eigenvalue weighted by molar-refractivity contribution is 7.98. The molecule has 1 N–H and O–H groups in total. The lowest BCUT2D eigenvalue weighted by molar-refractivity contribution is 0.788. The average Bonchev–Trinajstić information content (AvgIpc) is 2.79. The van der Waals surface area contributed by atoms with Crippen molar-refractivity contribution in [2.45, 2.75) is 17.1 Å². The predicted octanol–water partition coefficient (Wildman–Crippen LogP) is 3.18. The SMILES string of the molecule is CNCCc1nc2c(s1)CSc1ccccc1-2. The van der Waals surface area contributed by atoms with Crippen molar-refractivity contribution in [2.24, 2.45) is 0 Å². The number of rotatable bonds is 3. The molecule has 17 heavy (non-hydrogen) atoms. The molecule has 1 aromatic heterocycles. The maximum atomic E-state index is 4.79. The normalized spacial score (nSPS) is 13.2. The van der Waals surface area contributed by atoms with Crippen molar-refractivity contribution >= 4 is 23.1 Å². The number of nitrogens with zero attached hydrogens (tertiary/aromatic N) is 1. The number of nitrogens with one attached hydrogen (secondary N) is 1. The Kier molecular flexibility index (Phi) is 3.18. The molecule has 0 atom stereocenters. The highest BCUT2D eigenvalue weighted by Crippen LogP contribution is 2.43. The number of thioether (sulfide) groups is 1. The zero-order valence-electron chi connectivity index (χ0n) is 9.69. The van der Waals surface area contributed by atoms with Crippen LogP contribution in [0.2, 0.25) is 0 Å². The largest absolute Gasteiger partial charge is 0.319 e. The van der Waals surface area contributed by atoms with Crippen molar-refractivity contribution < 1.29 is 0 Å². The molecule has 0 amide bonds. The van der Waals surface area contributed by atoms with Crippen LogP contribution in [0.1, 0.15) is 9.88 Å². The summed E-state index contributed by atoms with van der Waals surface area (Å²) in [5, 5.41) is 4.43. The number of benzene rings is 1. The molecule has 0 radical (unpaired) electrons. The molecule has 0 bridgehead atoms. The fourth-order valence-electron chi connectivity index (χ4n) is 1.98. The molecule has 2 aromatic rings. The molecule has 0 saturated heterocycles. The van der Waals surface area contributed by atoms with Crippen molar-refractivity contribution in [3.8, 4) is 11.3 Å². The quantitative estimate of drug-likeness (QED) is 0.919. The third kappa shape index (κ3) is 2.12. The molecule has 1 aromatic carbocycles.